The van der Waals surface area contributed by atoms with Crippen LogP contribution in [0.3, 0.4) is 0 Å². The van der Waals surface area contributed by atoms with Gasteiger partial charge in [0.2, 0.25) is 5.91 Å². The maximum absolute atomic E-state index is 13.4. The molecule has 0 heterocycles. The van der Waals surface area contributed by atoms with Gasteiger partial charge in [0.05, 0.1) is 23.7 Å². The van der Waals surface area contributed by atoms with E-state index in [0.29, 0.717) is 11.4 Å². The smallest absolute Gasteiger partial charge is 0.264 e. The maximum Gasteiger partial charge on any atom is 0.264 e. The molecule has 0 spiro atoms. The highest BCUT2D eigenvalue weighted by Gasteiger charge is 2.27. The molecule has 32 heavy (non-hydrogen) atoms. The zero-order valence-corrected chi connectivity index (χ0v) is 19.5. The molecule has 0 unspecified atom stereocenters. The van der Waals surface area contributed by atoms with Crippen LogP contribution in [0.25, 0.3) is 0 Å². The Morgan fingerprint density at radius 3 is 2.25 bits per heavy atom. The molecule has 1 amide bonds. The van der Waals surface area contributed by atoms with Gasteiger partial charge in [0.15, 0.2) is 0 Å². The summed E-state index contributed by atoms with van der Waals surface area (Å²) in [4.78, 5) is 13.1. The Labute approximate surface area is 189 Å². The van der Waals surface area contributed by atoms with Crippen LogP contribution in [-0.4, -0.2) is 28.0 Å². The van der Waals surface area contributed by atoms with Gasteiger partial charge in [-0.3, -0.25) is 9.10 Å². The molecule has 0 aliphatic carbocycles. The van der Waals surface area contributed by atoms with Crippen molar-refractivity contribution in [1.29, 1.82) is 0 Å². The number of amides is 1. The molecule has 0 saturated heterocycles. The van der Waals surface area contributed by atoms with Crippen molar-refractivity contribution in [1.82, 2.24) is 5.32 Å². The standard InChI is InChI=1S/C25H28N2O4S/c1-18-10-15-24(19(2)16-18)20(3)26-25(28)17-27(21-11-13-22(31-4)14-12-21)32(29,30)23-8-6-5-7-9-23/h5-16,20H,17H2,1-4H3,(H,26,28)/t20-/m0/s1. The molecule has 1 atom stereocenters. The lowest BCUT2D eigenvalue weighted by atomic mass is 10.0. The Kier molecular flexibility index (Phi) is 7.20. The van der Waals surface area contributed by atoms with Crippen molar-refractivity contribution in [3.8, 4) is 5.75 Å². The molecular formula is C25H28N2O4S. The number of anilines is 1. The van der Waals surface area contributed by atoms with E-state index in [0.717, 1.165) is 21.0 Å². The number of carbonyl (C=O) groups excluding carboxylic acids is 1. The first-order valence-corrected chi connectivity index (χ1v) is 11.7. The highest BCUT2D eigenvalue weighted by atomic mass is 32.2. The predicted octanol–water partition coefficient (Wildman–Crippen LogP) is 4.38. The maximum atomic E-state index is 13.4. The summed E-state index contributed by atoms with van der Waals surface area (Å²) >= 11 is 0. The molecule has 0 aromatic heterocycles. The van der Waals surface area contributed by atoms with Crippen LogP contribution in [0.5, 0.6) is 5.75 Å². The Balaban J connectivity index is 1.88. The first-order valence-electron chi connectivity index (χ1n) is 10.3. The van der Waals surface area contributed by atoms with Crippen molar-refractivity contribution in [3.63, 3.8) is 0 Å². The molecule has 0 aliphatic rings. The van der Waals surface area contributed by atoms with E-state index < -0.39 is 15.9 Å². The number of rotatable bonds is 8. The molecule has 6 nitrogen and oxygen atoms in total. The average Bonchev–Trinajstić information content (AvgIpc) is 2.78. The normalized spacial score (nSPS) is 12.1. The molecule has 0 aliphatic heterocycles. The molecular weight excluding hydrogens is 424 g/mol. The minimum absolute atomic E-state index is 0.117. The number of methoxy groups -OCH3 is 1. The van der Waals surface area contributed by atoms with Crippen molar-refractivity contribution in [2.24, 2.45) is 0 Å². The lowest BCUT2D eigenvalue weighted by Crippen LogP contribution is -2.41. The Morgan fingerprint density at radius 1 is 1.00 bits per heavy atom. The van der Waals surface area contributed by atoms with Crippen LogP contribution < -0.4 is 14.4 Å². The zero-order valence-electron chi connectivity index (χ0n) is 18.7. The average molecular weight is 453 g/mol. The molecule has 0 fully saturated rings. The lowest BCUT2D eigenvalue weighted by molar-refractivity contribution is -0.120. The third kappa shape index (κ3) is 5.29. The van der Waals surface area contributed by atoms with Crippen molar-refractivity contribution < 1.29 is 17.9 Å². The van der Waals surface area contributed by atoms with Crippen molar-refractivity contribution in [2.45, 2.75) is 31.7 Å². The van der Waals surface area contributed by atoms with E-state index >= 15 is 0 Å². The Hall–Kier alpha value is -3.32. The van der Waals surface area contributed by atoms with Crippen LogP contribution in [0.1, 0.15) is 29.7 Å². The fraction of sp³-hybridized carbons (Fsp3) is 0.240. The summed E-state index contributed by atoms with van der Waals surface area (Å²) in [7, 11) is -2.41. The lowest BCUT2D eigenvalue weighted by Gasteiger charge is -2.25. The molecule has 0 bridgehead atoms. The molecule has 0 saturated carbocycles. The van der Waals surface area contributed by atoms with E-state index in [1.165, 1.54) is 19.2 Å². The summed E-state index contributed by atoms with van der Waals surface area (Å²) < 4.78 is 33.1. The van der Waals surface area contributed by atoms with Gasteiger partial charge in [0, 0.05) is 0 Å². The largest absolute Gasteiger partial charge is 0.497 e. The Bertz CT molecular complexity index is 1180. The summed E-state index contributed by atoms with van der Waals surface area (Å²) in [5.74, 6) is 0.200. The van der Waals surface area contributed by atoms with Gasteiger partial charge in [-0.25, -0.2) is 8.42 Å². The first kappa shape index (κ1) is 23.3. The minimum Gasteiger partial charge on any atom is -0.497 e. The van der Waals surface area contributed by atoms with E-state index in [1.54, 1.807) is 42.5 Å². The van der Waals surface area contributed by atoms with E-state index in [-0.39, 0.29) is 17.5 Å². The molecule has 168 valence electrons. The summed E-state index contributed by atoms with van der Waals surface area (Å²) in [5, 5.41) is 2.93. The van der Waals surface area contributed by atoms with Crippen LogP contribution in [0, 0.1) is 13.8 Å². The van der Waals surface area contributed by atoms with Gasteiger partial charge in [-0.15, -0.1) is 0 Å². The van der Waals surface area contributed by atoms with Crippen molar-refractivity contribution in [3.05, 3.63) is 89.5 Å². The molecule has 7 heteroatoms. The van der Waals surface area contributed by atoms with Crippen LogP contribution in [0.4, 0.5) is 5.69 Å². The Morgan fingerprint density at radius 2 is 1.66 bits per heavy atom. The number of hydrogen-bond acceptors (Lipinski definition) is 4. The fourth-order valence-corrected chi connectivity index (χ4v) is 5.03. The molecule has 1 N–H and O–H groups in total. The van der Waals surface area contributed by atoms with Gasteiger partial charge in [-0.05, 0) is 68.3 Å². The van der Waals surface area contributed by atoms with Crippen LogP contribution in [-0.2, 0) is 14.8 Å². The SMILES string of the molecule is COc1ccc(N(CC(=O)N[C@@H](C)c2ccc(C)cc2C)S(=O)(=O)c2ccccc2)cc1. The van der Waals surface area contributed by atoms with E-state index in [9.17, 15) is 13.2 Å². The van der Waals surface area contributed by atoms with Gasteiger partial charge in [0.25, 0.3) is 10.0 Å². The first-order chi connectivity index (χ1) is 15.2. The van der Waals surface area contributed by atoms with Gasteiger partial charge >= 0.3 is 0 Å². The number of nitrogens with one attached hydrogen (secondary N) is 1. The van der Waals surface area contributed by atoms with Gasteiger partial charge < -0.3 is 10.1 Å². The number of benzene rings is 3. The number of aryl methyl sites for hydroxylation is 2. The summed E-state index contributed by atoms with van der Waals surface area (Å²) in [6.45, 7) is 5.55. The summed E-state index contributed by atoms with van der Waals surface area (Å²) in [6.07, 6.45) is 0. The topological polar surface area (TPSA) is 75.7 Å². The summed E-state index contributed by atoms with van der Waals surface area (Å²) in [5.41, 5.74) is 3.58. The van der Waals surface area contributed by atoms with Crippen LogP contribution in [0.15, 0.2) is 77.7 Å². The molecule has 3 aromatic rings. The molecule has 3 rings (SSSR count). The molecule has 3 aromatic carbocycles. The third-order valence-electron chi connectivity index (χ3n) is 5.25. The van der Waals surface area contributed by atoms with Crippen LogP contribution in [0.2, 0.25) is 0 Å². The third-order valence-corrected chi connectivity index (χ3v) is 7.04. The zero-order chi connectivity index (χ0) is 23.3. The number of sulfonamides is 1. The monoisotopic (exact) mass is 452 g/mol. The number of ether oxygens (including phenoxy) is 1. The van der Waals surface area contributed by atoms with Gasteiger partial charge in [-0.2, -0.15) is 0 Å². The van der Waals surface area contributed by atoms with E-state index in [1.807, 2.05) is 32.9 Å². The van der Waals surface area contributed by atoms with Crippen molar-refractivity contribution in [2.75, 3.05) is 18.0 Å². The second-order valence-electron chi connectivity index (χ2n) is 7.67. The second kappa shape index (κ2) is 9.87. The van der Waals surface area contributed by atoms with E-state index in [2.05, 4.69) is 11.4 Å². The fourth-order valence-electron chi connectivity index (χ4n) is 3.59. The number of nitrogens with zero attached hydrogens (tertiary/aromatic N) is 1. The molecule has 0 radical (unpaired) electrons. The van der Waals surface area contributed by atoms with Gasteiger partial charge in [-0.1, -0.05) is 42.0 Å². The quantitative estimate of drug-likeness (QED) is 0.550. The number of hydrogen-bond donors (Lipinski definition) is 1. The van der Waals surface area contributed by atoms with E-state index in [4.69, 9.17) is 4.74 Å². The number of carbonyl (C=O) groups is 1. The van der Waals surface area contributed by atoms with Gasteiger partial charge in [0.1, 0.15) is 12.3 Å². The predicted molar refractivity (Wildman–Crippen MR) is 126 cm³/mol. The van der Waals surface area contributed by atoms with Crippen LogP contribution >= 0.6 is 0 Å². The van der Waals surface area contributed by atoms with Crippen molar-refractivity contribution >= 4 is 21.6 Å². The highest BCUT2D eigenvalue weighted by Crippen LogP contribution is 2.26. The second-order valence-corrected chi connectivity index (χ2v) is 9.53. The minimum atomic E-state index is -3.95. The highest BCUT2D eigenvalue weighted by molar-refractivity contribution is 7.92. The summed E-state index contributed by atoms with van der Waals surface area (Å²) in [6, 6.07) is 20.4.